The fourth-order valence-corrected chi connectivity index (χ4v) is 3.84. The highest BCUT2D eigenvalue weighted by Crippen LogP contribution is 2.39. The Balaban J connectivity index is 1.34. The van der Waals surface area contributed by atoms with Gasteiger partial charge in [0.25, 0.3) is 0 Å². The third-order valence-electron chi connectivity index (χ3n) is 5.47. The number of benzene rings is 1. The first-order chi connectivity index (χ1) is 13.3. The number of hydrogen-bond acceptors (Lipinski definition) is 4. The van der Waals surface area contributed by atoms with Crippen LogP contribution in [0.3, 0.4) is 0 Å². The Morgan fingerprint density at radius 1 is 1.11 bits per heavy atom. The Labute approximate surface area is 157 Å². The summed E-state index contributed by atoms with van der Waals surface area (Å²) in [6, 6.07) is 6.96. The lowest BCUT2D eigenvalue weighted by Gasteiger charge is -2.14. The summed E-state index contributed by atoms with van der Waals surface area (Å²) in [5.74, 6) is 2.36. The number of halogens is 1. The van der Waals surface area contributed by atoms with E-state index in [1.807, 2.05) is 6.07 Å². The van der Waals surface area contributed by atoms with Crippen molar-refractivity contribution in [2.75, 3.05) is 25.0 Å². The first-order valence-electron chi connectivity index (χ1n) is 9.88. The van der Waals surface area contributed by atoms with E-state index in [0.29, 0.717) is 5.92 Å². The third kappa shape index (κ3) is 3.54. The van der Waals surface area contributed by atoms with Crippen LogP contribution in [0.5, 0.6) is 0 Å². The number of fused-ring (bicyclic) bond motifs is 2. The molecule has 6 heteroatoms. The van der Waals surface area contributed by atoms with E-state index in [2.05, 4.69) is 21.7 Å². The molecular formula is C21H24FN5. The van der Waals surface area contributed by atoms with Gasteiger partial charge in [-0.25, -0.2) is 14.4 Å². The van der Waals surface area contributed by atoms with Gasteiger partial charge in [0.05, 0.1) is 5.69 Å². The van der Waals surface area contributed by atoms with Gasteiger partial charge in [0, 0.05) is 48.6 Å². The second kappa shape index (κ2) is 6.93. The molecular weight excluding hydrogens is 341 g/mol. The number of nitrogens with zero attached hydrogens (tertiary/aromatic N) is 2. The Bertz CT molecular complexity index is 976. The van der Waals surface area contributed by atoms with Crippen LogP contribution in [0, 0.1) is 5.82 Å². The van der Waals surface area contributed by atoms with E-state index in [9.17, 15) is 4.39 Å². The van der Waals surface area contributed by atoms with Gasteiger partial charge < -0.3 is 15.6 Å². The highest BCUT2D eigenvalue weighted by Gasteiger charge is 2.28. The normalized spacial score (nSPS) is 16.9. The predicted molar refractivity (Wildman–Crippen MR) is 105 cm³/mol. The molecule has 1 aliphatic heterocycles. The van der Waals surface area contributed by atoms with Gasteiger partial charge in [-0.2, -0.15) is 0 Å². The fraction of sp³-hybridized carbons (Fsp3) is 0.429. The van der Waals surface area contributed by atoms with Crippen LogP contribution in [0.1, 0.15) is 41.5 Å². The van der Waals surface area contributed by atoms with Gasteiger partial charge in [-0.05, 0) is 55.5 Å². The van der Waals surface area contributed by atoms with Crippen LogP contribution in [-0.4, -0.2) is 34.6 Å². The smallest absolute Gasteiger partial charge is 0.134 e. The van der Waals surface area contributed by atoms with Crippen LogP contribution >= 0.6 is 0 Å². The van der Waals surface area contributed by atoms with E-state index in [0.717, 1.165) is 67.1 Å². The topological polar surface area (TPSA) is 65.6 Å². The molecule has 2 aliphatic rings. The molecule has 0 unspecified atom stereocenters. The van der Waals surface area contributed by atoms with E-state index in [4.69, 9.17) is 9.97 Å². The zero-order valence-corrected chi connectivity index (χ0v) is 15.3. The molecule has 2 aromatic heterocycles. The molecule has 5 rings (SSSR count). The minimum Gasteiger partial charge on any atom is -0.369 e. The summed E-state index contributed by atoms with van der Waals surface area (Å²) in [7, 11) is 0. The maximum atomic E-state index is 13.4. The van der Waals surface area contributed by atoms with Gasteiger partial charge in [0.2, 0.25) is 0 Å². The summed E-state index contributed by atoms with van der Waals surface area (Å²) < 4.78 is 13.4. The number of anilines is 1. The average Bonchev–Trinajstić information content (AvgIpc) is 3.46. The lowest BCUT2D eigenvalue weighted by atomic mass is 10.1. The summed E-state index contributed by atoms with van der Waals surface area (Å²) in [5.41, 5.74) is 4.43. The molecule has 3 aromatic rings. The molecule has 140 valence electrons. The summed E-state index contributed by atoms with van der Waals surface area (Å²) in [5, 5.41) is 8.06. The predicted octanol–water partition coefficient (Wildman–Crippen LogP) is 3.32. The number of rotatable bonds is 5. The van der Waals surface area contributed by atoms with E-state index < -0.39 is 0 Å². The van der Waals surface area contributed by atoms with Crippen LogP contribution in [0.15, 0.2) is 24.3 Å². The van der Waals surface area contributed by atoms with Crippen molar-refractivity contribution in [1.29, 1.82) is 0 Å². The van der Waals surface area contributed by atoms with Crippen LogP contribution < -0.4 is 10.6 Å². The minimum absolute atomic E-state index is 0.209. The lowest BCUT2D eigenvalue weighted by molar-refractivity contribution is 0.629. The minimum atomic E-state index is -0.209. The molecule has 5 nitrogen and oxygen atoms in total. The summed E-state index contributed by atoms with van der Waals surface area (Å²) in [6.45, 7) is 2.75. The molecule has 27 heavy (non-hydrogen) atoms. The SMILES string of the molecule is Fc1ccc2cc(CCNc3nc(C4CC4)nc4c3CCNCC4)[nH]c2c1. The van der Waals surface area contributed by atoms with Crippen molar-refractivity contribution in [1.82, 2.24) is 20.3 Å². The maximum Gasteiger partial charge on any atom is 0.134 e. The van der Waals surface area contributed by atoms with Crippen molar-refractivity contribution in [3.05, 3.63) is 52.9 Å². The Kier molecular flexibility index (Phi) is 4.28. The van der Waals surface area contributed by atoms with Crippen LogP contribution in [0.25, 0.3) is 10.9 Å². The van der Waals surface area contributed by atoms with Crippen molar-refractivity contribution < 1.29 is 4.39 Å². The number of H-pyrrole nitrogens is 1. The van der Waals surface area contributed by atoms with Crippen LogP contribution in [0.2, 0.25) is 0 Å². The van der Waals surface area contributed by atoms with Crippen LogP contribution in [-0.2, 0) is 19.3 Å². The van der Waals surface area contributed by atoms with Gasteiger partial charge in [-0.3, -0.25) is 0 Å². The molecule has 0 saturated heterocycles. The van der Waals surface area contributed by atoms with Gasteiger partial charge in [-0.1, -0.05) is 0 Å². The number of aromatic amines is 1. The first kappa shape index (κ1) is 16.7. The van der Waals surface area contributed by atoms with E-state index in [1.54, 1.807) is 6.07 Å². The van der Waals surface area contributed by atoms with E-state index in [1.165, 1.54) is 30.2 Å². The molecule has 0 spiro atoms. The van der Waals surface area contributed by atoms with Crippen molar-refractivity contribution >= 4 is 16.7 Å². The van der Waals surface area contributed by atoms with Gasteiger partial charge in [0.1, 0.15) is 17.5 Å². The molecule has 0 bridgehead atoms. The van der Waals surface area contributed by atoms with Crippen molar-refractivity contribution in [2.24, 2.45) is 0 Å². The monoisotopic (exact) mass is 365 g/mol. The summed E-state index contributed by atoms with van der Waals surface area (Å²) in [4.78, 5) is 13.0. The standard InChI is InChI=1S/C21H24FN5/c22-15-4-3-14-11-16(25-19(14)12-15)5-10-24-21-17-6-8-23-9-7-18(17)26-20(27-21)13-1-2-13/h3-4,11-13,23,25H,1-2,5-10H2,(H,24,26,27). The largest absolute Gasteiger partial charge is 0.369 e. The fourth-order valence-electron chi connectivity index (χ4n) is 3.84. The highest BCUT2D eigenvalue weighted by atomic mass is 19.1. The lowest BCUT2D eigenvalue weighted by Crippen LogP contribution is -2.16. The molecule has 1 fully saturated rings. The van der Waals surface area contributed by atoms with Gasteiger partial charge in [-0.15, -0.1) is 0 Å². The average molecular weight is 365 g/mol. The molecule has 3 N–H and O–H groups in total. The third-order valence-corrected chi connectivity index (χ3v) is 5.47. The second-order valence-electron chi connectivity index (χ2n) is 7.58. The zero-order valence-electron chi connectivity index (χ0n) is 15.3. The number of nitrogens with one attached hydrogen (secondary N) is 3. The van der Waals surface area contributed by atoms with Crippen molar-refractivity contribution in [3.63, 3.8) is 0 Å². The number of aromatic nitrogens is 3. The maximum absolute atomic E-state index is 13.4. The Morgan fingerprint density at radius 3 is 2.89 bits per heavy atom. The Hall–Kier alpha value is -2.47. The Morgan fingerprint density at radius 2 is 2.00 bits per heavy atom. The van der Waals surface area contributed by atoms with Crippen molar-refractivity contribution in [2.45, 2.75) is 38.0 Å². The molecule has 0 radical (unpaired) electrons. The molecule has 1 aliphatic carbocycles. The molecule has 1 saturated carbocycles. The summed E-state index contributed by atoms with van der Waals surface area (Å²) >= 11 is 0. The van der Waals surface area contributed by atoms with Crippen LogP contribution in [0.4, 0.5) is 10.2 Å². The summed E-state index contributed by atoms with van der Waals surface area (Å²) in [6.07, 6.45) is 5.20. The second-order valence-corrected chi connectivity index (χ2v) is 7.58. The van der Waals surface area contributed by atoms with Gasteiger partial charge >= 0.3 is 0 Å². The quantitative estimate of drug-likeness (QED) is 0.649. The number of hydrogen-bond donors (Lipinski definition) is 3. The van der Waals surface area contributed by atoms with E-state index >= 15 is 0 Å². The molecule has 0 amide bonds. The molecule has 3 heterocycles. The van der Waals surface area contributed by atoms with Crippen molar-refractivity contribution in [3.8, 4) is 0 Å². The molecule has 1 aromatic carbocycles. The van der Waals surface area contributed by atoms with Gasteiger partial charge in [0.15, 0.2) is 0 Å². The highest BCUT2D eigenvalue weighted by molar-refractivity contribution is 5.80. The zero-order chi connectivity index (χ0) is 18.2. The van der Waals surface area contributed by atoms with E-state index in [-0.39, 0.29) is 5.82 Å². The molecule has 0 atom stereocenters. The first-order valence-corrected chi connectivity index (χ1v) is 9.88.